The predicted octanol–water partition coefficient (Wildman–Crippen LogP) is 2.29. The second-order valence-corrected chi connectivity index (χ2v) is 4.82. The van der Waals surface area contributed by atoms with Crippen LogP contribution in [0.4, 0.5) is 0 Å². The fraction of sp³-hybridized carbons (Fsp3) is 0.357. The number of aromatic nitrogens is 2. The zero-order valence-electron chi connectivity index (χ0n) is 10.7. The minimum absolute atomic E-state index is 0.671. The van der Waals surface area contributed by atoms with Gasteiger partial charge >= 0.3 is 0 Å². The van der Waals surface area contributed by atoms with E-state index < -0.39 is 5.60 Å². The Hall–Kier alpha value is -1.61. The van der Waals surface area contributed by atoms with Gasteiger partial charge in [-0.1, -0.05) is 29.3 Å². The lowest BCUT2D eigenvalue weighted by Gasteiger charge is -2.22. The zero-order chi connectivity index (χ0) is 12.6. The molecular weight excluding hydrogens is 212 g/mol. The summed E-state index contributed by atoms with van der Waals surface area (Å²) in [5.41, 5.74) is 2.81. The van der Waals surface area contributed by atoms with E-state index >= 15 is 0 Å². The maximum atomic E-state index is 10.6. The lowest BCUT2D eigenvalue weighted by atomic mass is 9.90. The van der Waals surface area contributed by atoms with E-state index in [-0.39, 0.29) is 0 Å². The van der Waals surface area contributed by atoms with Crippen molar-refractivity contribution in [2.75, 3.05) is 0 Å². The molecule has 1 aromatic heterocycles. The Morgan fingerprint density at radius 2 is 1.76 bits per heavy atom. The van der Waals surface area contributed by atoms with Crippen molar-refractivity contribution in [2.45, 2.75) is 26.4 Å². The number of nitrogens with zero attached hydrogens (tertiary/aromatic N) is 2. The monoisotopic (exact) mass is 230 g/mol. The molecule has 90 valence electrons. The van der Waals surface area contributed by atoms with E-state index in [4.69, 9.17) is 0 Å². The molecule has 1 unspecified atom stereocenters. The quantitative estimate of drug-likeness (QED) is 0.859. The molecule has 1 atom stereocenters. The summed E-state index contributed by atoms with van der Waals surface area (Å²) in [6.45, 7) is 5.85. The van der Waals surface area contributed by atoms with E-state index in [1.54, 1.807) is 11.6 Å². The highest BCUT2D eigenvalue weighted by Gasteiger charge is 2.28. The van der Waals surface area contributed by atoms with E-state index in [1.165, 1.54) is 0 Å². The third-order valence-electron chi connectivity index (χ3n) is 3.00. The Balaban J connectivity index is 2.50. The van der Waals surface area contributed by atoms with Gasteiger partial charge in [0.25, 0.3) is 0 Å². The summed E-state index contributed by atoms with van der Waals surface area (Å²) in [6.07, 6.45) is 1.84. The van der Waals surface area contributed by atoms with Gasteiger partial charge in [-0.3, -0.25) is 4.68 Å². The molecular formula is C14H18N2O. The number of rotatable bonds is 2. The molecule has 17 heavy (non-hydrogen) atoms. The van der Waals surface area contributed by atoms with Crippen LogP contribution in [0, 0.1) is 13.8 Å². The lowest BCUT2D eigenvalue weighted by molar-refractivity contribution is 0.0966. The molecule has 2 rings (SSSR count). The number of hydrogen-bond acceptors (Lipinski definition) is 2. The maximum Gasteiger partial charge on any atom is 0.130 e. The first-order valence-electron chi connectivity index (χ1n) is 5.71. The van der Waals surface area contributed by atoms with E-state index in [0.29, 0.717) is 5.69 Å². The molecule has 1 heterocycles. The van der Waals surface area contributed by atoms with Crippen LogP contribution in [0.25, 0.3) is 0 Å². The number of benzene rings is 1. The van der Waals surface area contributed by atoms with Crippen LogP contribution in [0.2, 0.25) is 0 Å². The zero-order valence-corrected chi connectivity index (χ0v) is 10.7. The Bertz CT molecular complexity index is 521. The van der Waals surface area contributed by atoms with E-state index in [9.17, 15) is 5.11 Å². The molecule has 0 saturated carbocycles. The Morgan fingerprint density at radius 1 is 1.18 bits per heavy atom. The molecule has 3 heteroatoms. The average molecular weight is 230 g/mol. The van der Waals surface area contributed by atoms with E-state index in [0.717, 1.165) is 16.7 Å². The fourth-order valence-corrected chi connectivity index (χ4v) is 2.08. The van der Waals surface area contributed by atoms with Gasteiger partial charge in [-0.25, -0.2) is 0 Å². The summed E-state index contributed by atoms with van der Waals surface area (Å²) in [6, 6.07) is 7.94. The normalized spacial score (nSPS) is 14.6. The first kappa shape index (κ1) is 11.9. The van der Waals surface area contributed by atoms with Gasteiger partial charge in [0.2, 0.25) is 0 Å². The summed E-state index contributed by atoms with van der Waals surface area (Å²) in [4.78, 5) is 0. The molecule has 0 amide bonds. The maximum absolute atomic E-state index is 10.6. The smallest absolute Gasteiger partial charge is 0.130 e. The van der Waals surface area contributed by atoms with Crippen LogP contribution >= 0.6 is 0 Å². The minimum atomic E-state index is -1.04. The predicted molar refractivity (Wildman–Crippen MR) is 67.8 cm³/mol. The minimum Gasteiger partial charge on any atom is -0.379 e. The first-order chi connectivity index (χ1) is 7.89. The van der Waals surface area contributed by atoms with Gasteiger partial charge in [0, 0.05) is 13.2 Å². The van der Waals surface area contributed by atoms with Crippen LogP contribution < -0.4 is 0 Å². The van der Waals surface area contributed by atoms with E-state index in [2.05, 4.69) is 11.2 Å². The van der Waals surface area contributed by atoms with Gasteiger partial charge < -0.3 is 5.11 Å². The Morgan fingerprint density at radius 3 is 2.24 bits per heavy atom. The Kier molecular flexibility index (Phi) is 2.79. The van der Waals surface area contributed by atoms with Gasteiger partial charge in [0.15, 0.2) is 0 Å². The molecule has 2 aromatic rings. The van der Waals surface area contributed by atoms with Crippen LogP contribution in [0.15, 0.2) is 30.5 Å². The molecule has 0 aliphatic carbocycles. The van der Waals surface area contributed by atoms with Gasteiger partial charge in [-0.2, -0.15) is 5.10 Å². The third kappa shape index (κ3) is 2.24. The summed E-state index contributed by atoms with van der Waals surface area (Å²) < 4.78 is 1.70. The van der Waals surface area contributed by atoms with Crippen LogP contribution in [0.1, 0.15) is 29.3 Å². The van der Waals surface area contributed by atoms with Crippen LogP contribution in [0.5, 0.6) is 0 Å². The van der Waals surface area contributed by atoms with E-state index in [1.807, 2.05) is 45.3 Å². The van der Waals surface area contributed by atoms with Crippen molar-refractivity contribution < 1.29 is 5.11 Å². The molecule has 0 aliphatic rings. The van der Waals surface area contributed by atoms with Crippen LogP contribution in [-0.4, -0.2) is 14.9 Å². The van der Waals surface area contributed by atoms with Gasteiger partial charge in [0.05, 0.1) is 5.69 Å². The van der Waals surface area contributed by atoms with Crippen molar-refractivity contribution in [3.8, 4) is 0 Å². The lowest BCUT2D eigenvalue weighted by Crippen LogP contribution is -2.24. The highest BCUT2D eigenvalue weighted by molar-refractivity contribution is 5.36. The van der Waals surface area contributed by atoms with Crippen LogP contribution in [-0.2, 0) is 12.6 Å². The number of aliphatic hydroxyl groups is 1. The van der Waals surface area contributed by atoms with Crippen molar-refractivity contribution in [1.29, 1.82) is 0 Å². The van der Waals surface area contributed by atoms with Crippen LogP contribution in [0.3, 0.4) is 0 Å². The molecule has 0 fully saturated rings. The van der Waals surface area contributed by atoms with Crippen molar-refractivity contribution in [1.82, 2.24) is 9.78 Å². The summed E-state index contributed by atoms with van der Waals surface area (Å²) >= 11 is 0. The fourth-order valence-electron chi connectivity index (χ4n) is 2.08. The molecule has 0 radical (unpaired) electrons. The van der Waals surface area contributed by atoms with Crippen molar-refractivity contribution >= 4 is 0 Å². The SMILES string of the molecule is Cc1cc(C)cc(C(C)(O)c2ccn(C)n2)c1. The summed E-state index contributed by atoms with van der Waals surface area (Å²) in [5, 5.41) is 14.9. The molecule has 1 N–H and O–H groups in total. The largest absolute Gasteiger partial charge is 0.379 e. The first-order valence-corrected chi connectivity index (χ1v) is 5.71. The van der Waals surface area contributed by atoms with Crippen molar-refractivity contribution in [3.05, 3.63) is 52.8 Å². The Labute approximate surface area is 102 Å². The summed E-state index contributed by atoms with van der Waals surface area (Å²) in [7, 11) is 1.85. The highest BCUT2D eigenvalue weighted by atomic mass is 16.3. The number of aryl methyl sites for hydroxylation is 3. The van der Waals surface area contributed by atoms with Gasteiger partial charge in [-0.05, 0) is 32.4 Å². The van der Waals surface area contributed by atoms with Gasteiger partial charge in [-0.15, -0.1) is 0 Å². The molecule has 0 bridgehead atoms. The third-order valence-corrected chi connectivity index (χ3v) is 3.00. The molecule has 1 aromatic carbocycles. The standard InChI is InChI=1S/C14H18N2O/c1-10-7-11(2)9-12(8-10)14(3,17)13-5-6-16(4)15-13/h5-9,17H,1-4H3. The van der Waals surface area contributed by atoms with Crippen molar-refractivity contribution in [3.63, 3.8) is 0 Å². The second-order valence-electron chi connectivity index (χ2n) is 4.82. The molecule has 0 saturated heterocycles. The topological polar surface area (TPSA) is 38.0 Å². The van der Waals surface area contributed by atoms with Crippen molar-refractivity contribution in [2.24, 2.45) is 7.05 Å². The number of hydrogen-bond donors (Lipinski definition) is 1. The highest BCUT2D eigenvalue weighted by Crippen LogP contribution is 2.28. The molecule has 3 nitrogen and oxygen atoms in total. The second kappa shape index (κ2) is 4.00. The molecule has 0 spiro atoms. The summed E-state index contributed by atoms with van der Waals surface area (Å²) in [5.74, 6) is 0. The van der Waals surface area contributed by atoms with Gasteiger partial charge in [0.1, 0.15) is 5.60 Å². The molecule has 0 aliphatic heterocycles. The average Bonchev–Trinajstić information content (AvgIpc) is 2.64.